The van der Waals surface area contributed by atoms with Crippen LogP contribution < -0.4 is 15.6 Å². The molecule has 0 spiro atoms. The summed E-state index contributed by atoms with van der Waals surface area (Å²) < 4.78 is 0. The van der Waals surface area contributed by atoms with Gasteiger partial charge in [-0.3, -0.25) is 0 Å². The van der Waals surface area contributed by atoms with Crippen LogP contribution in [0.2, 0.25) is 0 Å². The number of hydrogen-bond donors (Lipinski definition) is 0. The Morgan fingerprint density at radius 3 is 0.635 bits per heavy atom. The summed E-state index contributed by atoms with van der Waals surface area (Å²) in [5.74, 6) is 0.0673. The van der Waals surface area contributed by atoms with Crippen molar-refractivity contribution < 1.29 is 0 Å². The van der Waals surface area contributed by atoms with E-state index in [4.69, 9.17) is 0 Å². The standard InChI is InChI=1S/C84H70Si/c1-56-57(2)59(4)81(58(56)3)85(82-60(5)78(69-47-29-14-30-48-69)72(63-35-17-8-18-36-63)53-75(82)66-41-23-11-24-42-66,83-61(6)79(70-49-31-15-32-50-70)73(64-37-19-9-20-38-64)54-76(83)67-43-25-12-26-44-67)84-62(7)80(71-51-33-16-34-52-71)74(65-39-21-10-22-40-65)55-77(84)68-45-27-13-28-46-68/h8-55,58H,1-7H3. The van der Waals surface area contributed by atoms with Crippen LogP contribution in [0.25, 0.3) is 100 Å². The van der Waals surface area contributed by atoms with Crippen LogP contribution in [0, 0.1) is 26.7 Å². The molecule has 0 bridgehead atoms. The highest BCUT2D eigenvalue weighted by Crippen LogP contribution is 2.51. The number of allylic oxidation sites excluding steroid dienone is 4. The van der Waals surface area contributed by atoms with Crippen LogP contribution in [-0.4, -0.2) is 8.07 Å². The van der Waals surface area contributed by atoms with E-state index in [9.17, 15) is 0 Å². The molecule has 0 saturated carbocycles. The average molecular weight is 1110 g/mol. The van der Waals surface area contributed by atoms with Crippen molar-refractivity contribution in [3.8, 4) is 100 Å². The second kappa shape index (κ2) is 23.2. The van der Waals surface area contributed by atoms with Gasteiger partial charge in [0, 0.05) is 0 Å². The minimum absolute atomic E-state index is 0.0673. The Balaban J connectivity index is 1.41. The monoisotopic (exact) mass is 1110 g/mol. The van der Waals surface area contributed by atoms with Crippen molar-refractivity contribution in [3.05, 3.63) is 330 Å². The van der Waals surface area contributed by atoms with Gasteiger partial charge in [-0.1, -0.05) is 296 Å². The predicted molar refractivity (Wildman–Crippen MR) is 367 cm³/mol. The Morgan fingerprint density at radius 2 is 0.435 bits per heavy atom. The van der Waals surface area contributed by atoms with Gasteiger partial charge in [0.25, 0.3) is 0 Å². The number of hydrogen-bond acceptors (Lipinski definition) is 0. The summed E-state index contributed by atoms with van der Waals surface area (Å²) >= 11 is 0. The second-order valence-corrected chi connectivity index (χ2v) is 26.7. The van der Waals surface area contributed by atoms with Crippen LogP contribution in [0.3, 0.4) is 0 Å². The van der Waals surface area contributed by atoms with E-state index < -0.39 is 8.07 Å². The number of rotatable bonds is 13. The van der Waals surface area contributed by atoms with Crippen molar-refractivity contribution in [1.29, 1.82) is 0 Å². The smallest absolute Gasteiger partial charge is 0.0636 e. The third kappa shape index (κ3) is 9.50. The molecule has 0 heterocycles. The van der Waals surface area contributed by atoms with Crippen LogP contribution >= 0.6 is 0 Å². The van der Waals surface area contributed by atoms with Gasteiger partial charge >= 0.3 is 0 Å². The molecule has 1 heteroatoms. The van der Waals surface area contributed by atoms with E-state index >= 15 is 0 Å². The molecule has 0 saturated heterocycles. The molecule has 1 aliphatic rings. The highest BCUT2D eigenvalue weighted by molar-refractivity contribution is 7.18. The fourth-order valence-electron chi connectivity index (χ4n) is 14.7. The molecule has 0 aliphatic heterocycles. The topological polar surface area (TPSA) is 0 Å². The molecule has 0 fully saturated rings. The largest absolute Gasteiger partial charge is 0.179 e. The van der Waals surface area contributed by atoms with Crippen LogP contribution in [0.5, 0.6) is 0 Å². The van der Waals surface area contributed by atoms with Crippen LogP contribution in [-0.2, 0) is 0 Å². The molecule has 1 aliphatic carbocycles. The highest BCUT2D eigenvalue weighted by Gasteiger charge is 2.55. The SMILES string of the molecule is CC1=C(C)C(C)C([Si](c2c(-c3ccccc3)cc(-c3ccccc3)c(-c3ccccc3)c2C)(c2c(-c3ccccc3)cc(-c3ccccc3)c(-c3ccccc3)c2C)c2c(-c3ccccc3)cc(-c3ccccc3)c(-c3ccccc3)c2C)=C1C. The summed E-state index contributed by atoms with van der Waals surface area (Å²) in [5.41, 5.74) is 30.1. The van der Waals surface area contributed by atoms with Crippen LogP contribution in [0.4, 0.5) is 0 Å². The van der Waals surface area contributed by atoms with Crippen LogP contribution in [0.1, 0.15) is 44.4 Å². The molecule has 85 heavy (non-hydrogen) atoms. The van der Waals surface area contributed by atoms with Gasteiger partial charge in [-0.15, -0.1) is 0 Å². The van der Waals surface area contributed by atoms with Gasteiger partial charge in [0.05, 0.1) is 0 Å². The molecule has 1 unspecified atom stereocenters. The molecule has 1 atom stereocenters. The molecule has 0 nitrogen and oxygen atoms in total. The Bertz CT molecular complexity index is 4030. The predicted octanol–water partition coefficient (Wildman–Crippen LogP) is 20.9. The molecule has 0 amide bonds. The molecule has 0 radical (unpaired) electrons. The van der Waals surface area contributed by atoms with E-state index in [1.54, 1.807) is 0 Å². The van der Waals surface area contributed by atoms with Crippen molar-refractivity contribution >= 4 is 23.6 Å². The summed E-state index contributed by atoms with van der Waals surface area (Å²) in [4.78, 5) is 0. The molecule has 12 aromatic rings. The minimum atomic E-state index is -4.04. The third-order valence-electron chi connectivity index (χ3n) is 18.6. The van der Waals surface area contributed by atoms with E-state index in [0.717, 1.165) is 0 Å². The van der Waals surface area contributed by atoms with Gasteiger partial charge in [0.2, 0.25) is 0 Å². The Hall–Kier alpha value is -9.66. The van der Waals surface area contributed by atoms with E-state index in [2.05, 4.69) is 340 Å². The first-order chi connectivity index (χ1) is 41.7. The summed E-state index contributed by atoms with van der Waals surface area (Å²) in [5, 5.41) is 5.78. The molecular weight excluding hydrogens is 1040 g/mol. The number of benzene rings is 12. The fourth-order valence-corrected chi connectivity index (χ4v) is 21.8. The molecule has 12 aromatic carbocycles. The Labute approximate surface area is 504 Å². The third-order valence-corrected chi connectivity index (χ3v) is 24.4. The molecule has 0 aromatic heterocycles. The lowest BCUT2D eigenvalue weighted by atomic mass is 9.87. The van der Waals surface area contributed by atoms with Gasteiger partial charge in [-0.25, -0.2) is 0 Å². The maximum Gasteiger partial charge on any atom is 0.179 e. The zero-order valence-electron chi connectivity index (χ0n) is 49.8. The first kappa shape index (κ1) is 54.6. The van der Waals surface area contributed by atoms with E-state index in [0.29, 0.717) is 0 Å². The first-order valence-electron chi connectivity index (χ1n) is 30.1. The van der Waals surface area contributed by atoms with Crippen molar-refractivity contribution in [1.82, 2.24) is 0 Å². The maximum absolute atomic E-state index is 4.04. The van der Waals surface area contributed by atoms with Gasteiger partial charge in [0.1, 0.15) is 0 Å². The summed E-state index contributed by atoms with van der Waals surface area (Å²) in [6, 6.07) is 109. The average Bonchev–Trinajstić information content (AvgIpc) is 1.66. The highest BCUT2D eigenvalue weighted by atomic mass is 28.3. The normalized spacial score (nSPS) is 13.4. The van der Waals surface area contributed by atoms with E-state index in [1.165, 1.54) is 154 Å². The lowest BCUT2D eigenvalue weighted by Crippen LogP contribution is -2.73. The summed E-state index contributed by atoms with van der Waals surface area (Å²) in [6.45, 7) is 17.4. The molecule has 13 rings (SSSR count). The lowest BCUT2D eigenvalue weighted by molar-refractivity contribution is 0.851. The summed E-state index contributed by atoms with van der Waals surface area (Å²) in [7, 11) is -4.04. The Kier molecular flexibility index (Phi) is 14.9. The van der Waals surface area contributed by atoms with Crippen molar-refractivity contribution in [2.45, 2.75) is 48.5 Å². The molecular formula is C84H70Si. The quantitative estimate of drug-likeness (QED) is 0.0797. The second-order valence-electron chi connectivity index (χ2n) is 23.2. The zero-order valence-corrected chi connectivity index (χ0v) is 50.8. The lowest BCUT2D eigenvalue weighted by Gasteiger charge is -2.46. The van der Waals surface area contributed by atoms with E-state index in [-0.39, 0.29) is 5.92 Å². The van der Waals surface area contributed by atoms with Crippen molar-refractivity contribution in [2.24, 2.45) is 5.92 Å². The molecule has 0 N–H and O–H groups in total. The summed E-state index contributed by atoms with van der Waals surface area (Å²) in [6.07, 6.45) is 0. The first-order valence-corrected chi connectivity index (χ1v) is 32.1. The van der Waals surface area contributed by atoms with Gasteiger partial charge in [-0.2, -0.15) is 0 Å². The van der Waals surface area contributed by atoms with Crippen molar-refractivity contribution in [3.63, 3.8) is 0 Å². The van der Waals surface area contributed by atoms with Gasteiger partial charge in [-0.05, 0) is 204 Å². The fraction of sp³-hybridized carbons (Fsp3) is 0.0952. The van der Waals surface area contributed by atoms with E-state index in [1.807, 2.05) is 0 Å². The van der Waals surface area contributed by atoms with Gasteiger partial charge < -0.3 is 0 Å². The minimum Gasteiger partial charge on any atom is -0.0636 e. The van der Waals surface area contributed by atoms with Gasteiger partial charge in [0.15, 0.2) is 8.07 Å². The Morgan fingerprint density at radius 1 is 0.235 bits per heavy atom. The molecule has 410 valence electrons. The zero-order chi connectivity index (χ0) is 58.2. The van der Waals surface area contributed by atoms with Crippen molar-refractivity contribution in [2.75, 3.05) is 0 Å². The van der Waals surface area contributed by atoms with Crippen LogP contribution in [0.15, 0.2) is 313 Å². The maximum atomic E-state index is 2.61.